The second-order valence-electron chi connectivity index (χ2n) is 8.54. The van der Waals surface area contributed by atoms with Gasteiger partial charge in [0.05, 0.1) is 12.1 Å². The Labute approximate surface area is 153 Å². The number of piperidine rings is 1. The summed E-state index contributed by atoms with van der Waals surface area (Å²) in [7, 11) is 0. The molecule has 0 aromatic heterocycles. The number of amides is 1. The molecule has 0 N–H and O–H groups in total. The molecule has 1 aromatic carbocycles. The Bertz CT molecular complexity index is 747. The smallest absolute Gasteiger partial charge is 0.410 e. The van der Waals surface area contributed by atoms with Crippen molar-refractivity contribution in [1.82, 2.24) is 4.90 Å². The van der Waals surface area contributed by atoms with Crippen molar-refractivity contribution in [2.75, 3.05) is 13.1 Å². The second-order valence-corrected chi connectivity index (χ2v) is 8.54. The molecule has 2 heterocycles. The van der Waals surface area contributed by atoms with Crippen LogP contribution in [0.1, 0.15) is 56.0 Å². The highest BCUT2D eigenvalue weighted by Gasteiger charge is 2.54. The van der Waals surface area contributed by atoms with Crippen molar-refractivity contribution in [3.63, 3.8) is 0 Å². The SMILES string of the molecule is CC(C)(C)OC(=O)N1CCC2(CC2)[C@@H](Oc2ccc3c(c2)COC3=O)C1. The number of likely N-dealkylation sites (tertiary alicyclic amines) is 1. The van der Waals surface area contributed by atoms with Crippen LogP contribution in [0.15, 0.2) is 18.2 Å². The van der Waals surface area contributed by atoms with E-state index in [0.717, 1.165) is 30.6 Å². The van der Waals surface area contributed by atoms with Crippen molar-refractivity contribution in [1.29, 1.82) is 0 Å². The maximum atomic E-state index is 12.4. The van der Waals surface area contributed by atoms with Gasteiger partial charge < -0.3 is 19.1 Å². The Hall–Kier alpha value is -2.24. The molecule has 1 amide bonds. The van der Waals surface area contributed by atoms with Crippen LogP contribution >= 0.6 is 0 Å². The number of carbonyl (C=O) groups excluding carboxylic acids is 2. The zero-order valence-corrected chi connectivity index (χ0v) is 15.5. The van der Waals surface area contributed by atoms with Crippen LogP contribution in [0.2, 0.25) is 0 Å². The first-order chi connectivity index (χ1) is 12.3. The molecule has 1 spiro atoms. The molecule has 26 heavy (non-hydrogen) atoms. The Kier molecular flexibility index (Phi) is 3.90. The van der Waals surface area contributed by atoms with Crippen LogP contribution < -0.4 is 4.74 Å². The highest BCUT2D eigenvalue weighted by Crippen LogP contribution is 2.55. The molecule has 2 fully saturated rings. The van der Waals surface area contributed by atoms with E-state index in [4.69, 9.17) is 14.2 Å². The number of nitrogens with zero attached hydrogens (tertiary/aromatic N) is 1. The van der Waals surface area contributed by atoms with E-state index in [-0.39, 0.29) is 23.6 Å². The van der Waals surface area contributed by atoms with Gasteiger partial charge >= 0.3 is 12.1 Å². The first-order valence-corrected chi connectivity index (χ1v) is 9.20. The van der Waals surface area contributed by atoms with Crippen LogP contribution in [0.25, 0.3) is 0 Å². The summed E-state index contributed by atoms with van der Waals surface area (Å²) in [5, 5.41) is 0. The molecular formula is C20H25NO5. The number of hydrogen-bond acceptors (Lipinski definition) is 5. The van der Waals surface area contributed by atoms with Gasteiger partial charge in [-0.05, 0) is 58.2 Å². The average molecular weight is 359 g/mol. The summed E-state index contributed by atoms with van der Waals surface area (Å²) >= 11 is 0. The van der Waals surface area contributed by atoms with Crippen LogP contribution in [0.4, 0.5) is 4.79 Å². The minimum absolute atomic E-state index is 0.0557. The van der Waals surface area contributed by atoms with Crippen molar-refractivity contribution in [3.05, 3.63) is 29.3 Å². The van der Waals surface area contributed by atoms with E-state index in [0.29, 0.717) is 25.3 Å². The van der Waals surface area contributed by atoms with Gasteiger partial charge in [-0.25, -0.2) is 9.59 Å². The molecule has 0 bridgehead atoms. The molecule has 0 radical (unpaired) electrons. The van der Waals surface area contributed by atoms with E-state index in [1.807, 2.05) is 32.9 Å². The molecule has 1 saturated heterocycles. The fraction of sp³-hybridized carbons (Fsp3) is 0.600. The van der Waals surface area contributed by atoms with Crippen molar-refractivity contribution >= 4 is 12.1 Å². The lowest BCUT2D eigenvalue weighted by atomic mass is 9.90. The van der Waals surface area contributed by atoms with E-state index < -0.39 is 5.60 Å². The maximum Gasteiger partial charge on any atom is 0.410 e. The fourth-order valence-corrected chi connectivity index (χ4v) is 3.74. The van der Waals surface area contributed by atoms with Gasteiger partial charge in [0.1, 0.15) is 24.1 Å². The molecule has 6 nitrogen and oxygen atoms in total. The molecule has 0 unspecified atom stereocenters. The summed E-state index contributed by atoms with van der Waals surface area (Å²) in [6.07, 6.45) is 2.86. The number of carbonyl (C=O) groups is 2. The molecule has 1 atom stereocenters. The normalized spacial score (nSPS) is 23.4. The molecule has 4 rings (SSSR count). The molecule has 140 valence electrons. The Balaban J connectivity index is 1.48. The zero-order chi connectivity index (χ0) is 18.5. The van der Waals surface area contributed by atoms with Gasteiger partial charge in [-0.3, -0.25) is 0 Å². The lowest BCUT2D eigenvalue weighted by molar-refractivity contribution is -0.0109. The van der Waals surface area contributed by atoms with Gasteiger partial charge in [0.2, 0.25) is 0 Å². The van der Waals surface area contributed by atoms with Crippen molar-refractivity contribution in [3.8, 4) is 5.75 Å². The third-order valence-corrected chi connectivity index (χ3v) is 5.43. The summed E-state index contributed by atoms with van der Waals surface area (Å²) in [4.78, 5) is 25.8. The van der Waals surface area contributed by atoms with E-state index >= 15 is 0 Å². The Morgan fingerprint density at radius 2 is 2.04 bits per heavy atom. The lowest BCUT2D eigenvalue weighted by Crippen LogP contribution is -2.51. The Morgan fingerprint density at radius 1 is 1.27 bits per heavy atom. The predicted molar refractivity (Wildman–Crippen MR) is 94.1 cm³/mol. The van der Waals surface area contributed by atoms with Crippen LogP contribution in [-0.2, 0) is 16.1 Å². The van der Waals surface area contributed by atoms with Gasteiger partial charge in [0, 0.05) is 17.5 Å². The number of fused-ring (bicyclic) bond motifs is 1. The van der Waals surface area contributed by atoms with Crippen LogP contribution in [0, 0.1) is 5.41 Å². The molecule has 2 aliphatic heterocycles. The zero-order valence-electron chi connectivity index (χ0n) is 15.5. The molecule has 1 aromatic rings. The molecule has 6 heteroatoms. The Morgan fingerprint density at radius 3 is 2.73 bits per heavy atom. The van der Waals surface area contributed by atoms with Gasteiger partial charge in [0.25, 0.3) is 0 Å². The standard InChI is InChI=1S/C20H25NO5/c1-19(2,3)26-18(23)21-9-8-20(6-7-20)16(11-21)25-14-4-5-15-13(10-14)12-24-17(15)22/h4-5,10,16H,6-9,11-12H2,1-3H3/t16-/m0/s1. The maximum absolute atomic E-state index is 12.4. The number of esters is 1. The van der Waals surface area contributed by atoms with Crippen molar-refractivity contribution in [2.45, 2.75) is 58.3 Å². The topological polar surface area (TPSA) is 65.1 Å². The summed E-state index contributed by atoms with van der Waals surface area (Å²) in [5.41, 5.74) is 1.13. The number of rotatable bonds is 2. The van der Waals surface area contributed by atoms with Crippen molar-refractivity contribution < 1.29 is 23.8 Å². The average Bonchev–Trinajstić information content (AvgIpc) is 3.25. The second kappa shape index (κ2) is 5.89. The number of ether oxygens (including phenoxy) is 3. The van der Waals surface area contributed by atoms with E-state index in [9.17, 15) is 9.59 Å². The highest BCUT2D eigenvalue weighted by molar-refractivity contribution is 5.93. The first kappa shape index (κ1) is 17.2. The quantitative estimate of drug-likeness (QED) is 0.756. The van der Waals surface area contributed by atoms with Crippen LogP contribution in [-0.4, -0.2) is 41.8 Å². The first-order valence-electron chi connectivity index (χ1n) is 9.20. The molecular weight excluding hydrogens is 334 g/mol. The molecule has 1 aliphatic carbocycles. The van der Waals surface area contributed by atoms with Crippen LogP contribution in [0.5, 0.6) is 5.75 Å². The minimum Gasteiger partial charge on any atom is -0.488 e. The van der Waals surface area contributed by atoms with Crippen LogP contribution in [0.3, 0.4) is 0 Å². The fourth-order valence-electron chi connectivity index (χ4n) is 3.74. The number of hydrogen-bond donors (Lipinski definition) is 0. The number of benzene rings is 1. The van der Waals surface area contributed by atoms with Gasteiger partial charge in [0.15, 0.2) is 0 Å². The molecule has 3 aliphatic rings. The van der Waals surface area contributed by atoms with Crippen molar-refractivity contribution in [2.24, 2.45) is 5.41 Å². The molecule has 1 saturated carbocycles. The predicted octanol–water partition coefficient (Wildman–Crippen LogP) is 3.53. The summed E-state index contributed by atoms with van der Waals surface area (Å²) < 4.78 is 16.9. The van der Waals surface area contributed by atoms with Gasteiger partial charge in [-0.1, -0.05) is 0 Å². The van der Waals surface area contributed by atoms with E-state index in [2.05, 4.69) is 0 Å². The minimum atomic E-state index is -0.505. The monoisotopic (exact) mass is 359 g/mol. The van der Waals surface area contributed by atoms with Gasteiger partial charge in [-0.15, -0.1) is 0 Å². The highest BCUT2D eigenvalue weighted by atomic mass is 16.6. The van der Waals surface area contributed by atoms with Gasteiger partial charge in [-0.2, -0.15) is 0 Å². The summed E-state index contributed by atoms with van der Waals surface area (Å²) in [5.74, 6) is 0.448. The third kappa shape index (κ3) is 3.24. The van der Waals surface area contributed by atoms with E-state index in [1.165, 1.54) is 0 Å². The largest absolute Gasteiger partial charge is 0.488 e. The van der Waals surface area contributed by atoms with E-state index in [1.54, 1.807) is 11.0 Å². The summed E-state index contributed by atoms with van der Waals surface area (Å²) in [6, 6.07) is 5.45. The number of cyclic esters (lactones) is 1. The lowest BCUT2D eigenvalue weighted by Gasteiger charge is -2.39. The summed E-state index contributed by atoms with van der Waals surface area (Å²) in [6.45, 7) is 7.16. The third-order valence-electron chi connectivity index (χ3n) is 5.43.